The van der Waals surface area contributed by atoms with Crippen LogP contribution in [0.3, 0.4) is 0 Å². The van der Waals surface area contributed by atoms with Crippen LogP contribution in [0.15, 0.2) is 48.5 Å². The predicted molar refractivity (Wildman–Crippen MR) is 122 cm³/mol. The molecule has 0 saturated carbocycles. The minimum atomic E-state index is -5.16. The molecule has 188 valence electrons. The number of carbonyl (C=O) groups is 3. The molecule has 0 saturated heterocycles. The maximum Gasteiger partial charge on any atom is 0.420 e. The quantitative estimate of drug-likeness (QED) is 0.569. The number of nitrogens with one attached hydrogen (secondary N) is 1. The minimum absolute atomic E-state index is 0.172. The lowest BCUT2D eigenvalue weighted by Crippen LogP contribution is -2.66. The Labute approximate surface area is 200 Å². The molecular weight excluding hydrogens is 465 g/mol. The van der Waals surface area contributed by atoms with Crippen molar-refractivity contribution in [3.8, 4) is 11.1 Å². The number of aliphatic carboxylic acids is 1. The Morgan fingerprint density at radius 1 is 1.06 bits per heavy atom. The Morgan fingerprint density at radius 3 is 2.03 bits per heavy atom. The van der Waals surface area contributed by atoms with E-state index in [1.165, 1.54) is 13.8 Å². The smallest absolute Gasteiger partial charge is 0.420 e. The van der Waals surface area contributed by atoms with Crippen molar-refractivity contribution < 1.29 is 37.4 Å². The van der Waals surface area contributed by atoms with Gasteiger partial charge >= 0.3 is 18.2 Å². The standard InChI is InChI=1S/C25H27F3N2O5/c1-4-30(13-15(2)21(31)32)22(33)24(3,25(26,27)28)29-23(34)35-14-20-18-11-7-5-9-16(18)17-10-6-8-12-19(17)20/h5-12,15,20H,4,13-14H2,1-3H3,(H,29,34)(H,31,32). The number of ether oxygens (including phenoxy) is 1. The first kappa shape index (κ1) is 26.1. The number of carboxylic acids is 1. The minimum Gasteiger partial charge on any atom is -0.481 e. The number of likely N-dealkylation sites (N-methyl/N-ethyl adjacent to an activating group) is 1. The van der Waals surface area contributed by atoms with E-state index in [1.54, 1.807) is 5.32 Å². The van der Waals surface area contributed by atoms with E-state index >= 15 is 0 Å². The zero-order chi connectivity index (χ0) is 26.0. The number of rotatable bonds is 8. The van der Waals surface area contributed by atoms with Crippen LogP contribution >= 0.6 is 0 Å². The molecule has 3 rings (SSSR count). The highest BCUT2D eigenvalue weighted by atomic mass is 19.4. The summed E-state index contributed by atoms with van der Waals surface area (Å²) in [5, 5.41) is 10.8. The third kappa shape index (κ3) is 5.11. The Hall–Kier alpha value is -3.56. The van der Waals surface area contributed by atoms with Crippen molar-refractivity contribution in [2.45, 2.75) is 38.4 Å². The lowest BCUT2D eigenvalue weighted by molar-refractivity contribution is -0.200. The second-order valence-corrected chi connectivity index (χ2v) is 8.66. The van der Waals surface area contributed by atoms with Crippen LogP contribution in [-0.4, -0.2) is 59.4 Å². The Balaban J connectivity index is 1.77. The van der Waals surface area contributed by atoms with Crippen molar-refractivity contribution in [1.82, 2.24) is 10.2 Å². The van der Waals surface area contributed by atoms with Crippen LogP contribution in [0.4, 0.5) is 18.0 Å². The van der Waals surface area contributed by atoms with Gasteiger partial charge in [-0.2, -0.15) is 13.2 Å². The highest BCUT2D eigenvalue weighted by Gasteiger charge is 2.59. The van der Waals surface area contributed by atoms with Gasteiger partial charge in [0.1, 0.15) is 6.61 Å². The highest BCUT2D eigenvalue weighted by molar-refractivity contribution is 5.91. The van der Waals surface area contributed by atoms with Gasteiger partial charge in [-0.15, -0.1) is 0 Å². The number of nitrogens with zero attached hydrogens (tertiary/aromatic N) is 1. The van der Waals surface area contributed by atoms with Gasteiger partial charge in [-0.05, 0) is 36.1 Å². The molecule has 2 amide bonds. The molecule has 35 heavy (non-hydrogen) atoms. The van der Waals surface area contributed by atoms with E-state index < -0.39 is 42.1 Å². The van der Waals surface area contributed by atoms with Gasteiger partial charge in [-0.1, -0.05) is 55.5 Å². The largest absolute Gasteiger partial charge is 0.481 e. The summed E-state index contributed by atoms with van der Waals surface area (Å²) in [6.45, 7) is 2.41. The molecule has 0 heterocycles. The predicted octanol–water partition coefficient (Wildman–Crippen LogP) is 4.42. The number of carboxylic acid groups (broad SMARTS) is 1. The zero-order valence-electron chi connectivity index (χ0n) is 19.6. The van der Waals surface area contributed by atoms with E-state index in [0.29, 0.717) is 6.92 Å². The van der Waals surface area contributed by atoms with E-state index in [1.807, 2.05) is 48.5 Å². The number of hydrogen-bond acceptors (Lipinski definition) is 4. The molecule has 7 nitrogen and oxygen atoms in total. The van der Waals surface area contributed by atoms with E-state index in [4.69, 9.17) is 9.84 Å². The summed E-state index contributed by atoms with van der Waals surface area (Å²) in [6, 6.07) is 15.0. The van der Waals surface area contributed by atoms with Gasteiger partial charge in [0, 0.05) is 19.0 Å². The molecule has 1 aliphatic rings. The summed E-state index contributed by atoms with van der Waals surface area (Å²) < 4.78 is 47.2. The van der Waals surface area contributed by atoms with Crippen molar-refractivity contribution in [3.63, 3.8) is 0 Å². The Kier molecular flexibility index (Phi) is 7.42. The van der Waals surface area contributed by atoms with Gasteiger partial charge in [-0.25, -0.2) is 4.79 Å². The lowest BCUT2D eigenvalue weighted by Gasteiger charge is -2.36. The second kappa shape index (κ2) is 9.97. The molecule has 2 aromatic rings. The molecule has 0 bridgehead atoms. The fraction of sp³-hybridized carbons (Fsp3) is 0.400. The first-order chi connectivity index (χ1) is 16.4. The van der Waals surface area contributed by atoms with Crippen LogP contribution in [0.5, 0.6) is 0 Å². The van der Waals surface area contributed by atoms with Gasteiger partial charge in [0.05, 0.1) is 5.92 Å². The summed E-state index contributed by atoms with van der Waals surface area (Å²) in [7, 11) is 0. The van der Waals surface area contributed by atoms with E-state index in [0.717, 1.165) is 27.2 Å². The summed E-state index contributed by atoms with van der Waals surface area (Å²) in [5.74, 6) is -4.18. The van der Waals surface area contributed by atoms with Crippen molar-refractivity contribution in [2.75, 3.05) is 19.7 Å². The van der Waals surface area contributed by atoms with Crippen LogP contribution in [0, 0.1) is 5.92 Å². The van der Waals surface area contributed by atoms with Crippen molar-refractivity contribution in [3.05, 3.63) is 59.7 Å². The summed E-state index contributed by atoms with van der Waals surface area (Å²) in [4.78, 5) is 37.3. The molecule has 2 atom stereocenters. The fourth-order valence-electron chi connectivity index (χ4n) is 4.16. The number of amides is 2. The SMILES string of the molecule is CCN(CC(C)C(=O)O)C(=O)C(C)(NC(=O)OCC1c2ccccc2-c2ccccc21)C(F)(F)F. The zero-order valence-corrected chi connectivity index (χ0v) is 19.6. The van der Waals surface area contributed by atoms with Crippen LogP contribution in [0.1, 0.15) is 37.8 Å². The number of fused-ring (bicyclic) bond motifs is 3. The molecular formula is C25H27F3N2O5. The monoisotopic (exact) mass is 492 g/mol. The molecule has 10 heteroatoms. The summed E-state index contributed by atoms with van der Waals surface area (Å²) in [5.41, 5.74) is 0.383. The fourth-order valence-corrected chi connectivity index (χ4v) is 4.16. The number of halogens is 3. The normalized spacial score (nSPS) is 15.4. The molecule has 2 N–H and O–H groups in total. The van der Waals surface area contributed by atoms with E-state index in [-0.39, 0.29) is 19.1 Å². The third-order valence-corrected chi connectivity index (χ3v) is 6.28. The van der Waals surface area contributed by atoms with Crippen molar-refractivity contribution in [1.29, 1.82) is 0 Å². The Bertz CT molecular complexity index is 1070. The Morgan fingerprint density at radius 2 is 1.57 bits per heavy atom. The second-order valence-electron chi connectivity index (χ2n) is 8.66. The lowest BCUT2D eigenvalue weighted by atomic mass is 9.98. The van der Waals surface area contributed by atoms with Gasteiger partial charge in [0.2, 0.25) is 5.54 Å². The topological polar surface area (TPSA) is 95.9 Å². The van der Waals surface area contributed by atoms with Crippen LogP contribution in [0.25, 0.3) is 11.1 Å². The molecule has 0 radical (unpaired) electrons. The molecule has 0 aliphatic heterocycles. The maximum atomic E-state index is 14.0. The number of carbonyl (C=O) groups excluding carboxylic acids is 2. The first-order valence-electron chi connectivity index (χ1n) is 11.1. The molecule has 2 unspecified atom stereocenters. The molecule has 2 aromatic carbocycles. The molecule has 0 aromatic heterocycles. The number of benzene rings is 2. The van der Waals surface area contributed by atoms with Crippen molar-refractivity contribution >= 4 is 18.0 Å². The van der Waals surface area contributed by atoms with Gasteiger partial charge < -0.3 is 14.7 Å². The molecule has 1 aliphatic carbocycles. The maximum absolute atomic E-state index is 14.0. The van der Waals surface area contributed by atoms with Gasteiger partial charge in [0.25, 0.3) is 5.91 Å². The number of alkyl carbamates (subject to hydrolysis) is 1. The highest BCUT2D eigenvalue weighted by Crippen LogP contribution is 2.44. The number of hydrogen-bond donors (Lipinski definition) is 2. The average Bonchev–Trinajstić information content (AvgIpc) is 3.13. The van der Waals surface area contributed by atoms with Crippen LogP contribution in [-0.2, 0) is 14.3 Å². The van der Waals surface area contributed by atoms with Crippen LogP contribution < -0.4 is 5.32 Å². The summed E-state index contributed by atoms with van der Waals surface area (Å²) >= 11 is 0. The van der Waals surface area contributed by atoms with Gasteiger partial charge in [0.15, 0.2) is 0 Å². The third-order valence-electron chi connectivity index (χ3n) is 6.28. The number of alkyl halides is 3. The summed E-state index contributed by atoms with van der Waals surface area (Å²) in [6.07, 6.45) is -6.56. The van der Waals surface area contributed by atoms with Crippen molar-refractivity contribution in [2.24, 2.45) is 5.92 Å². The van der Waals surface area contributed by atoms with E-state index in [2.05, 4.69) is 0 Å². The molecule has 0 spiro atoms. The molecule has 0 fully saturated rings. The first-order valence-corrected chi connectivity index (χ1v) is 11.1. The average molecular weight is 492 g/mol. The van der Waals surface area contributed by atoms with E-state index in [9.17, 15) is 27.6 Å². The van der Waals surface area contributed by atoms with Gasteiger partial charge in [-0.3, -0.25) is 14.9 Å². The van der Waals surface area contributed by atoms with Crippen LogP contribution in [0.2, 0.25) is 0 Å².